The summed E-state index contributed by atoms with van der Waals surface area (Å²) in [6.45, 7) is 1.97. The lowest BCUT2D eigenvalue weighted by Gasteiger charge is -2.42. The maximum Gasteiger partial charge on any atom is 0.247 e. The summed E-state index contributed by atoms with van der Waals surface area (Å²) in [4.78, 5) is 28.2. The molecule has 9 heteroatoms. The van der Waals surface area contributed by atoms with Crippen LogP contribution >= 0.6 is 0 Å². The topological polar surface area (TPSA) is 129 Å². The number of hydrogen-bond acceptors (Lipinski definition) is 7. The Balaban J connectivity index is 1.76. The second kappa shape index (κ2) is 11.6. The maximum atomic E-state index is 13.3. The van der Waals surface area contributed by atoms with Crippen molar-refractivity contribution in [2.24, 2.45) is 5.92 Å². The number of nitrogens with zero attached hydrogens (tertiary/aromatic N) is 1. The highest BCUT2D eigenvalue weighted by Gasteiger charge is 2.51. The number of aliphatic hydroxyl groups is 3. The molecule has 4 N–H and O–H groups in total. The molecule has 0 spiro atoms. The predicted octanol–water partition coefficient (Wildman–Crippen LogP) is 1.63. The molecule has 1 aromatic carbocycles. The van der Waals surface area contributed by atoms with Gasteiger partial charge in [-0.3, -0.25) is 9.59 Å². The Bertz CT molecular complexity index is 989. The molecule has 1 aliphatic heterocycles. The molecule has 4 atom stereocenters. The molecule has 4 rings (SSSR count). The molecular formula is C27H38N2O7. The largest absolute Gasteiger partial charge is 0.493 e. The van der Waals surface area contributed by atoms with Crippen LogP contribution in [-0.2, 0) is 16.2 Å². The van der Waals surface area contributed by atoms with Crippen molar-refractivity contribution in [3.8, 4) is 11.5 Å². The van der Waals surface area contributed by atoms with Gasteiger partial charge in [0.2, 0.25) is 11.8 Å². The number of nitrogens with one attached hydrogen (secondary N) is 1. The van der Waals surface area contributed by atoms with Crippen molar-refractivity contribution in [3.63, 3.8) is 0 Å². The van der Waals surface area contributed by atoms with E-state index in [1.807, 2.05) is 0 Å². The average Bonchev–Trinajstić information content (AvgIpc) is 3.30. The zero-order valence-corrected chi connectivity index (χ0v) is 21.1. The highest BCUT2D eigenvalue weighted by molar-refractivity contribution is 5.96. The van der Waals surface area contributed by atoms with E-state index in [-0.39, 0.29) is 31.6 Å². The normalized spacial score (nSPS) is 25.3. The van der Waals surface area contributed by atoms with Crippen molar-refractivity contribution in [1.82, 2.24) is 10.2 Å². The molecule has 1 heterocycles. The Hall–Kier alpha value is -2.62. The third-order valence-electron chi connectivity index (χ3n) is 7.66. The van der Waals surface area contributed by atoms with E-state index in [2.05, 4.69) is 5.32 Å². The SMILES string of the molecule is CCC(=O)N(CC1CCCCC1)C1C=C(C(=O)NCCO)C2c3cc(CO)cc(OC)c3OC2C1O. The summed E-state index contributed by atoms with van der Waals surface area (Å²) >= 11 is 0. The maximum absolute atomic E-state index is 13.3. The summed E-state index contributed by atoms with van der Waals surface area (Å²) in [6.07, 6.45) is 5.65. The molecule has 4 unspecified atom stereocenters. The zero-order chi connectivity index (χ0) is 25.8. The number of benzene rings is 1. The van der Waals surface area contributed by atoms with Crippen molar-refractivity contribution >= 4 is 11.8 Å². The van der Waals surface area contributed by atoms with Gasteiger partial charge in [0.05, 0.1) is 32.3 Å². The summed E-state index contributed by atoms with van der Waals surface area (Å²) in [7, 11) is 1.50. The molecule has 1 saturated carbocycles. The van der Waals surface area contributed by atoms with Crippen molar-refractivity contribution in [1.29, 1.82) is 0 Å². The molecule has 3 aliphatic rings. The van der Waals surface area contributed by atoms with Crippen molar-refractivity contribution in [3.05, 3.63) is 34.9 Å². The van der Waals surface area contributed by atoms with Crippen LogP contribution < -0.4 is 14.8 Å². The molecule has 0 saturated heterocycles. The van der Waals surface area contributed by atoms with Crippen LogP contribution in [0.15, 0.2) is 23.8 Å². The average molecular weight is 503 g/mol. The van der Waals surface area contributed by atoms with E-state index in [4.69, 9.17) is 9.47 Å². The molecule has 2 amide bonds. The summed E-state index contributed by atoms with van der Waals surface area (Å²) in [5, 5.41) is 33.4. The Labute approximate surface area is 212 Å². The molecule has 0 aromatic heterocycles. The van der Waals surface area contributed by atoms with Gasteiger partial charge in [-0.15, -0.1) is 0 Å². The number of carbonyl (C=O) groups excluding carboxylic acids is 2. The van der Waals surface area contributed by atoms with Crippen LogP contribution in [0.4, 0.5) is 0 Å². The number of hydrogen-bond donors (Lipinski definition) is 4. The quantitative estimate of drug-likeness (QED) is 0.404. The number of rotatable bonds is 9. The van der Waals surface area contributed by atoms with Crippen molar-refractivity contribution < 1.29 is 34.4 Å². The lowest BCUT2D eigenvalue weighted by molar-refractivity contribution is -0.138. The van der Waals surface area contributed by atoms with E-state index in [0.29, 0.717) is 47.1 Å². The number of methoxy groups -OCH3 is 1. The minimum absolute atomic E-state index is 0.0776. The van der Waals surface area contributed by atoms with Gasteiger partial charge < -0.3 is 35.0 Å². The Kier molecular flexibility index (Phi) is 8.54. The molecule has 1 aromatic rings. The number of amides is 2. The molecule has 0 bridgehead atoms. The first-order valence-corrected chi connectivity index (χ1v) is 13.0. The van der Waals surface area contributed by atoms with Crippen LogP contribution in [0.3, 0.4) is 0 Å². The predicted molar refractivity (Wildman–Crippen MR) is 133 cm³/mol. The number of ether oxygens (including phenoxy) is 2. The molecule has 9 nitrogen and oxygen atoms in total. The van der Waals surface area contributed by atoms with Gasteiger partial charge in [0, 0.05) is 30.6 Å². The lowest BCUT2D eigenvalue weighted by Crippen LogP contribution is -2.56. The molecule has 2 aliphatic carbocycles. The van der Waals surface area contributed by atoms with Gasteiger partial charge in [0.25, 0.3) is 0 Å². The first-order valence-electron chi connectivity index (χ1n) is 13.0. The van der Waals surface area contributed by atoms with Crippen LogP contribution in [0, 0.1) is 5.92 Å². The van der Waals surface area contributed by atoms with E-state index in [0.717, 1.165) is 25.7 Å². The van der Waals surface area contributed by atoms with E-state index >= 15 is 0 Å². The van der Waals surface area contributed by atoms with Crippen LogP contribution in [-0.4, -0.2) is 77.1 Å². The standard InChI is InChI=1S/C27H38N2O7/c1-3-22(32)29(14-16-7-5-4-6-8-16)20-13-19(27(34)28-9-10-30)23-18-11-17(15-31)12-21(35-2)25(18)36-26(23)24(20)33/h11-13,16,20,23-24,26,30-31,33H,3-10,14-15H2,1-2H3,(H,28,34). The van der Waals surface area contributed by atoms with Gasteiger partial charge in [-0.2, -0.15) is 0 Å². The first kappa shape index (κ1) is 26.4. The second-order valence-corrected chi connectivity index (χ2v) is 9.92. The zero-order valence-electron chi connectivity index (χ0n) is 21.1. The summed E-state index contributed by atoms with van der Waals surface area (Å²) in [5.41, 5.74) is 1.62. The minimum atomic E-state index is -1.07. The van der Waals surface area contributed by atoms with Gasteiger partial charge >= 0.3 is 0 Å². The van der Waals surface area contributed by atoms with Crippen molar-refractivity contribution in [2.45, 2.75) is 76.2 Å². The van der Waals surface area contributed by atoms with Crippen LogP contribution in [0.2, 0.25) is 0 Å². The number of carbonyl (C=O) groups is 2. The third kappa shape index (κ3) is 5.10. The fourth-order valence-electron chi connectivity index (χ4n) is 5.86. The van der Waals surface area contributed by atoms with E-state index in [1.165, 1.54) is 13.5 Å². The van der Waals surface area contributed by atoms with E-state index in [1.54, 1.807) is 30.0 Å². The minimum Gasteiger partial charge on any atom is -0.493 e. The lowest BCUT2D eigenvalue weighted by atomic mass is 9.76. The molecular weight excluding hydrogens is 464 g/mol. The van der Waals surface area contributed by atoms with Crippen LogP contribution in [0.1, 0.15) is 62.5 Å². The first-order chi connectivity index (χ1) is 17.4. The van der Waals surface area contributed by atoms with Crippen LogP contribution in [0.5, 0.6) is 11.5 Å². The second-order valence-electron chi connectivity index (χ2n) is 9.92. The Morgan fingerprint density at radius 3 is 2.58 bits per heavy atom. The van der Waals surface area contributed by atoms with Crippen molar-refractivity contribution in [2.75, 3.05) is 26.8 Å². The monoisotopic (exact) mass is 502 g/mol. The summed E-state index contributed by atoms with van der Waals surface area (Å²) in [5.74, 6) is 0.110. The highest BCUT2D eigenvalue weighted by atomic mass is 16.5. The smallest absolute Gasteiger partial charge is 0.247 e. The van der Waals surface area contributed by atoms with Gasteiger partial charge in [-0.1, -0.05) is 26.2 Å². The molecule has 0 radical (unpaired) electrons. The highest BCUT2D eigenvalue weighted by Crippen LogP contribution is 2.51. The summed E-state index contributed by atoms with van der Waals surface area (Å²) in [6, 6.07) is 2.71. The number of fused-ring (bicyclic) bond motifs is 3. The fourth-order valence-corrected chi connectivity index (χ4v) is 5.86. The fraction of sp³-hybridized carbons (Fsp3) is 0.630. The van der Waals surface area contributed by atoms with Gasteiger partial charge in [-0.05, 0) is 42.5 Å². The molecule has 36 heavy (non-hydrogen) atoms. The molecule has 198 valence electrons. The molecule has 1 fully saturated rings. The van der Waals surface area contributed by atoms with Gasteiger partial charge in [-0.25, -0.2) is 0 Å². The van der Waals surface area contributed by atoms with Gasteiger partial charge in [0.15, 0.2) is 11.5 Å². The Morgan fingerprint density at radius 2 is 1.94 bits per heavy atom. The summed E-state index contributed by atoms with van der Waals surface area (Å²) < 4.78 is 11.7. The van der Waals surface area contributed by atoms with Gasteiger partial charge in [0.1, 0.15) is 12.2 Å². The van der Waals surface area contributed by atoms with E-state index in [9.17, 15) is 24.9 Å². The number of aliphatic hydroxyl groups excluding tert-OH is 3. The third-order valence-corrected chi connectivity index (χ3v) is 7.66. The van der Waals surface area contributed by atoms with Crippen LogP contribution in [0.25, 0.3) is 0 Å². The Morgan fingerprint density at radius 1 is 1.19 bits per heavy atom. The van der Waals surface area contributed by atoms with E-state index < -0.39 is 24.2 Å².